The summed E-state index contributed by atoms with van der Waals surface area (Å²) in [5.41, 5.74) is -0.205. The van der Waals surface area contributed by atoms with Gasteiger partial charge in [0.15, 0.2) is 0 Å². The fourth-order valence-corrected chi connectivity index (χ4v) is 4.81. The van der Waals surface area contributed by atoms with Crippen molar-refractivity contribution in [2.75, 3.05) is 31.6 Å². The van der Waals surface area contributed by atoms with Crippen molar-refractivity contribution in [3.05, 3.63) is 17.8 Å². The molecule has 0 bridgehead atoms. The lowest BCUT2D eigenvalue weighted by atomic mass is 10.0. The van der Waals surface area contributed by atoms with Gasteiger partial charge >= 0.3 is 0 Å². The molecule has 134 valence electrons. The zero-order valence-electron chi connectivity index (χ0n) is 14.8. The number of carbonyl (C=O) groups excluding carboxylic acids is 1. The molecule has 2 aliphatic heterocycles. The second kappa shape index (κ2) is 6.53. The molecule has 4 rings (SSSR count). The molecule has 2 unspecified atom stereocenters. The third kappa shape index (κ3) is 3.11. The summed E-state index contributed by atoms with van der Waals surface area (Å²) in [7, 11) is 1.89. The van der Waals surface area contributed by atoms with E-state index in [1.54, 1.807) is 17.7 Å². The molecule has 4 heterocycles. The lowest BCUT2D eigenvalue weighted by molar-refractivity contribution is -0.134. The van der Waals surface area contributed by atoms with Gasteiger partial charge in [-0.05, 0) is 44.1 Å². The van der Waals surface area contributed by atoms with E-state index in [1.807, 2.05) is 23.4 Å². The highest BCUT2D eigenvalue weighted by atomic mass is 32.1. The van der Waals surface area contributed by atoms with Gasteiger partial charge < -0.3 is 14.5 Å². The summed E-state index contributed by atoms with van der Waals surface area (Å²) in [5.74, 6) is 1.05. The minimum Gasteiger partial charge on any atom is -0.373 e. The summed E-state index contributed by atoms with van der Waals surface area (Å²) < 4.78 is 5.86. The number of hydrogen-bond donors (Lipinski definition) is 0. The van der Waals surface area contributed by atoms with Gasteiger partial charge in [-0.3, -0.25) is 4.79 Å². The van der Waals surface area contributed by atoms with Crippen molar-refractivity contribution < 1.29 is 9.53 Å². The molecule has 2 aromatic heterocycles. The minimum atomic E-state index is -0.205. The maximum atomic E-state index is 13.1. The van der Waals surface area contributed by atoms with Gasteiger partial charge in [0.05, 0.1) is 11.0 Å². The Kier molecular flexibility index (Phi) is 4.37. The third-order valence-corrected chi connectivity index (χ3v) is 6.12. The Bertz CT molecular complexity index is 771. The van der Waals surface area contributed by atoms with Gasteiger partial charge in [0.2, 0.25) is 5.91 Å². The van der Waals surface area contributed by atoms with Crippen LogP contribution in [0.25, 0.3) is 10.2 Å². The van der Waals surface area contributed by atoms with Crippen molar-refractivity contribution >= 4 is 33.3 Å². The van der Waals surface area contributed by atoms with Crippen LogP contribution in [-0.4, -0.2) is 59.2 Å². The number of aromatic nitrogens is 2. The first-order valence-corrected chi connectivity index (χ1v) is 9.79. The Morgan fingerprint density at radius 3 is 3.16 bits per heavy atom. The smallest absolute Gasteiger partial charge is 0.245 e. The Hall–Kier alpha value is -1.73. The molecule has 2 aliphatic rings. The molecular formula is C18H24N4O2S. The van der Waals surface area contributed by atoms with Crippen LogP contribution in [0.2, 0.25) is 0 Å². The number of amides is 1. The number of fused-ring (bicyclic) bond motifs is 1. The fourth-order valence-electron chi connectivity index (χ4n) is 4.08. The molecule has 0 N–H and O–H groups in total. The maximum absolute atomic E-state index is 13.1. The van der Waals surface area contributed by atoms with E-state index in [9.17, 15) is 4.79 Å². The molecule has 1 amide bonds. The summed E-state index contributed by atoms with van der Waals surface area (Å²) in [5, 5.41) is 3.07. The number of carbonyl (C=O) groups is 1. The Balaban J connectivity index is 1.54. The molecule has 2 aromatic rings. The predicted molar refractivity (Wildman–Crippen MR) is 99.0 cm³/mol. The lowest BCUT2D eigenvalue weighted by Crippen LogP contribution is -2.49. The highest BCUT2D eigenvalue weighted by Gasteiger charge is 2.38. The van der Waals surface area contributed by atoms with Gasteiger partial charge in [-0.2, -0.15) is 0 Å². The van der Waals surface area contributed by atoms with E-state index in [4.69, 9.17) is 4.74 Å². The van der Waals surface area contributed by atoms with Crippen molar-refractivity contribution in [2.24, 2.45) is 0 Å². The van der Waals surface area contributed by atoms with E-state index in [-0.39, 0.29) is 17.6 Å². The van der Waals surface area contributed by atoms with Gasteiger partial charge in [0.1, 0.15) is 23.0 Å². The maximum Gasteiger partial charge on any atom is 0.245 e. The number of hydrogen-bond acceptors (Lipinski definition) is 6. The predicted octanol–water partition coefficient (Wildman–Crippen LogP) is 2.69. The van der Waals surface area contributed by atoms with Gasteiger partial charge in [-0.1, -0.05) is 0 Å². The molecule has 7 heteroatoms. The normalized spacial score (nSPS) is 26.5. The highest BCUT2D eigenvalue weighted by molar-refractivity contribution is 7.16. The van der Waals surface area contributed by atoms with Gasteiger partial charge in [-0.15, -0.1) is 11.3 Å². The fraction of sp³-hybridized carbons (Fsp3) is 0.611. The summed E-state index contributed by atoms with van der Waals surface area (Å²) in [6, 6.07) is 1.90. The van der Waals surface area contributed by atoms with Crippen LogP contribution in [0.5, 0.6) is 0 Å². The van der Waals surface area contributed by atoms with E-state index in [1.165, 1.54) is 0 Å². The van der Waals surface area contributed by atoms with Crippen LogP contribution in [0, 0.1) is 0 Å². The molecule has 2 atom stereocenters. The zero-order valence-corrected chi connectivity index (χ0v) is 15.6. The van der Waals surface area contributed by atoms with Crippen LogP contribution in [-0.2, 0) is 9.53 Å². The van der Waals surface area contributed by atoms with Crippen LogP contribution in [0.3, 0.4) is 0 Å². The molecule has 0 aliphatic carbocycles. The SMILES string of the molecule is CN(CC1(C)CCCO1)C(=O)C1CCCN1c1ncnc2sccc12. The van der Waals surface area contributed by atoms with Crippen molar-refractivity contribution in [1.29, 1.82) is 0 Å². The van der Waals surface area contributed by atoms with E-state index in [0.29, 0.717) is 6.54 Å². The van der Waals surface area contributed by atoms with Crippen LogP contribution < -0.4 is 4.90 Å². The summed E-state index contributed by atoms with van der Waals surface area (Å²) >= 11 is 1.61. The number of likely N-dealkylation sites (N-methyl/N-ethyl adjacent to an activating group) is 1. The molecule has 0 aromatic carbocycles. The van der Waals surface area contributed by atoms with E-state index < -0.39 is 0 Å². The standard InChI is InChI=1S/C18H24N4O2S/c1-18(7-4-9-24-18)11-21(2)17(23)14-5-3-8-22(14)15-13-6-10-25-16(13)20-12-19-15/h6,10,12,14H,3-5,7-9,11H2,1-2H3. The topological polar surface area (TPSA) is 58.6 Å². The number of rotatable bonds is 4. The first-order valence-electron chi connectivity index (χ1n) is 8.91. The molecule has 0 spiro atoms. The second-order valence-electron chi connectivity index (χ2n) is 7.28. The minimum absolute atomic E-state index is 0.145. The highest BCUT2D eigenvalue weighted by Crippen LogP contribution is 2.33. The molecule has 2 fully saturated rings. The molecule has 25 heavy (non-hydrogen) atoms. The number of thiophene rings is 1. The Morgan fingerprint density at radius 1 is 1.48 bits per heavy atom. The van der Waals surface area contributed by atoms with E-state index in [0.717, 1.165) is 54.9 Å². The first kappa shape index (κ1) is 16.7. The van der Waals surface area contributed by atoms with Crippen molar-refractivity contribution in [3.8, 4) is 0 Å². The average Bonchev–Trinajstić information content (AvgIpc) is 3.33. The van der Waals surface area contributed by atoms with Crippen LogP contribution >= 0.6 is 11.3 Å². The number of ether oxygens (including phenoxy) is 1. The van der Waals surface area contributed by atoms with Crippen LogP contribution in [0.4, 0.5) is 5.82 Å². The van der Waals surface area contributed by atoms with Gasteiger partial charge in [0.25, 0.3) is 0 Å². The van der Waals surface area contributed by atoms with E-state index in [2.05, 4.69) is 21.8 Å². The van der Waals surface area contributed by atoms with Crippen LogP contribution in [0.15, 0.2) is 17.8 Å². The Morgan fingerprint density at radius 2 is 2.36 bits per heavy atom. The third-order valence-electron chi connectivity index (χ3n) is 5.30. The molecule has 2 saturated heterocycles. The quantitative estimate of drug-likeness (QED) is 0.839. The Labute approximate surface area is 151 Å². The van der Waals surface area contributed by atoms with Crippen molar-refractivity contribution in [2.45, 2.75) is 44.2 Å². The average molecular weight is 360 g/mol. The lowest BCUT2D eigenvalue weighted by Gasteiger charge is -2.33. The number of anilines is 1. The molecule has 0 radical (unpaired) electrons. The number of nitrogens with zero attached hydrogens (tertiary/aromatic N) is 4. The van der Waals surface area contributed by atoms with Crippen LogP contribution in [0.1, 0.15) is 32.6 Å². The first-order chi connectivity index (χ1) is 12.1. The molecule has 0 saturated carbocycles. The van der Waals surface area contributed by atoms with Gasteiger partial charge in [-0.25, -0.2) is 9.97 Å². The monoisotopic (exact) mass is 360 g/mol. The largest absolute Gasteiger partial charge is 0.373 e. The summed E-state index contributed by atoms with van der Waals surface area (Å²) in [4.78, 5) is 26.9. The van der Waals surface area contributed by atoms with Crippen molar-refractivity contribution in [3.63, 3.8) is 0 Å². The van der Waals surface area contributed by atoms with E-state index >= 15 is 0 Å². The second-order valence-corrected chi connectivity index (χ2v) is 8.18. The zero-order chi connectivity index (χ0) is 17.4. The summed E-state index contributed by atoms with van der Waals surface area (Å²) in [6.07, 6.45) is 5.57. The summed E-state index contributed by atoms with van der Waals surface area (Å²) in [6.45, 7) is 4.41. The van der Waals surface area contributed by atoms with Gasteiger partial charge in [0, 0.05) is 26.7 Å². The molecule has 6 nitrogen and oxygen atoms in total. The van der Waals surface area contributed by atoms with Crippen molar-refractivity contribution in [1.82, 2.24) is 14.9 Å². The molecular weight excluding hydrogens is 336 g/mol.